The minimum atomic E-state index is 0.256. The van der Waals surface area contributed by atoms with Crippen molar-refractivity contribution in [3.8, 4) is 0 Å². The first kappa shape index (κ1) is 7.35. The standard InChI is InChI=1S/C10H12N2/c1-7-8-5-3-4-6-9(8)12(2)10(7)11/h3-7,11H,1-2H3. The number of likely N-dealkylation sites (N-methyl/N-ethyl adjacent to an activating group) is 1. The van der Waals surface area contributed by atoms with Gasteiger partial charge in [-0.3, -0.25) is 5.41 Å². The van der Waals surface area contributed by atoms with Crippen molar-refractivity contribution in [2.24, 2.45) is 0 Å². The second-order valence-electron chi connectivity index (χ2n) is 3.22. The Kier molecular flexibility index (Phi) is 1.43. The molecule has 1 atom stereocenters. The number of fused-ring (bicyclic) bond motifs is 1. The molecule has 2 rings (SSSR count). The first-order valence-electron chi connectivity index (χ1n) is 4.13. The van der Waals surface area contributed by atoms with Crippen molar-refractivity contribution in [2.75, 3.05) is 11.9 Å². The third-order valence-electron chi connectivity index (χ3n) is 2.54. The molecule has 0 aromatic heterocycles. The van der Waals surface area contributed by atoms with E-state index in [1.807, 2.05) is 24.1 Å². The molecule has 1 aliphatic heterocycles. The number of rotatable bonds is 0. The summed E-state index contributed by atoms with van der Waals surface area (Å²) in [5, 5.41) is 7.77. The molecule has 1 aromatic carbocycles. The molecular weight excluding hydrogens is 148 g/mol. The Morgan fingerprint density at radius 1 is 1.33 bits per heavy atom. The van der Waals surface area contributed by atoms with Crippen LogP contribution in [0.15, 0.2) is 24.3 Å². The zero-order chi connectivity index (χ0) is 8.72. The van der Waals surface area contributed by atoms with Crippen molar-refractivity contribution in [1.29, 1.82) is 5.41 Å². The third kappa shape index (κ3) is 0.779. The number of hydrogen-bond acceptors (Lipinski definition) is 1. The number of amidine groups is 1. The molecular formula is C10H12N2. The van der Waals surface area contributed by atoms with Crippen LogP contribution in [0.1, 0.15) is 18.4 Å². The van der Waals surface area contributed by atoms with Crippen molar-refractivity contribution < 1.29 is 0 Å². The highest BCUT2D eigenvalue weighted by atomic mass is 15.2. The molecule has 0 saturated heterocycles. The van der Waals surface area contributed by atoms with E-state index >= 15 is 0 Å². The van der Waals surface area contributed by atoms with E-state index in [2.05, 4.69) is 19.1 Å². The molecule has 0 amide bonds. The SMILES string of the molecule is CC1C(=N)N(C)c2ccccc21. The summed E-state index contributed by atoms with van der Waals surface area (Å²) in [5.41, 5.74) is 2.44. The van der Waals surface area contributed by atoms with E-state index in [4.69, 9.17) is 5.41 Å². The average Bonchev–Trinajstić information content (AvgIpc) is 2.33. The predicted molar refractivity (Wildman–Crippen MR) is 51.0 cm³/mol. The normalized spacial score (nSPS) is 21.3. The lowest BCUT2D eigenvalue weighted by atomic mass is 10.0. The smallest absolute Gasteiger partial charge is 0.107 e. The van der Waals surface area contributed by atoms with Gasteiger partial charge in [0, 0.05) is 18.7 Å². The molecule has 2 heteroatoms. The quantitative estimate of drug-likeness (QED) is 0.619. The molecule has 12 heavy (non-hydrogen) atoms. The van der Waals surface area contributed by atoms with Crippen LogP contribution in [0.25, 0.3) is 0 Å². The lowest BCUT2D eigenvalue weighted by Crippen LogP contribution is -2.21. The number of para-hydroxylation sites is 1. The molecule has 0 saturated carbocycles. The summed E-state index contributed by atoms with van der Waals surface area (Å²) in [6.45, 7) is 2.07. The van der Waals surface area contributed by atoms with Crippen LogP contribution in [0, 0.1) is 5.41 Å². The van der Waals surface area contributed by atoms with Crippen molar-refractivity contribution in [3.05, 3.63) is 29.8 Å². The molecule has 1 heterocycles. The minimum absolute atomic E-state index is 0.256. The largest absolute Gasteiger partial charge is 0.333 e. The van der Waals surface area contributed by atoms with Gasteiger partial charge in [0.05, 0.1) is 0 Å². The minimum Gasteiger partial charge on any atom is -0.333 e. The van der Waals surface area contributed by atoms with Crippen LogP contribution in [0.5, 0.6) is 0 Å². The Balaban J connectivity index is 2.59. The summed E-state index contributed by atoms with van der Waals surface area (Å²) in [5.74, 6) is 0.947. The number of nitrogens with zero attached hydrogens (tertiary/aromatic N) is 1. The second kappa shape index (κ2) is 2.34. The fourth-order valence-corrected chi connectivity index (χ4v) is 1.73. The highest BCUT2D eigenvalue weighted by Crippen LogP contribution is 2.35. The first-order chi connectivity index (χ1) is 5.72. The number of anilines is 1. The van der Waals surface area contributed by atoms with E-state index in [0.717, 1.165) is 0 Å². The fourth-order valence-electron chi connectivity index (χ4n) is 1.73. The Morgan fingerprint density at radius 3 is 2.67 bits per heavy atom. The topological polar surface area (TPSA) is 27.1 Å². The van der Waals surface area contributed by atoms with Crippen LogP contribution in [0.3, 0.4) is 0 Å². The number of hydrogen-bond donors (Lipinski definition) is 1. The van der Waals surface area contributed by atoms with Crippen LogP contribution >= 0.6 is 0 Å². The van der Waals surface area contributed by atoms with E-state index in [-0.39, 0.29) is 5.92 Å². The van der Waals surface area contributed by atoms with E-state index in [1.165, 1.54) is 11.3 Å². The summed E-state index contributed by atoms with van der Waals surface area (Å²) in [6.07, 6.45) is 0. The average molecular weight is 160 g/mol. The van der Waals surface area contributed by atoms with Gasteiger partial charge in [-0.1, -0.05) is 25.1 Å². The van der Waals surface area contributed by atoms with Gasteiger partial charge >= 0.3 is 0 Å². The molecule has 0 aliphatic carbocycles. The highest BCUT2D eigenvalue weighted by Gasteiger charge is 2.27. The monoisotopic (exact) mass is 160 g/mol. The predicted octanol–water partition coefficient (Wildman–Crippen LogP) is 2.22. The van der Waals surface area contributed by atoms with Crippen LogP contribution in [-0.4, -0.2) is 12.9 Å². The molecule has 1 unspecified atom stereocenters. The van der Waals surface area contributed by atoms with Gasteiger partial charge in [-0.25, -0.2) is 0 Å². The summed E-state index contributed by atoms with van der Waals surface area (Å²) < 4.78 is 0. The van der Waals surface area contributed by atoms with Gasteiger partial charge < -0.3 is 4.90 Å². The molecule has 2 nitrogen and oxygen atoms in total. The lowest BCUT2D eigenvalue weighted by Gasteiger charge is -2.11. The summed E-state index contributed by atoms with van der Waals surface area (Å²) in [4.78, 5) is 1.94. The zero-order valence-corrected chi connectivity index (χ0v) is 7.33. The maximum Gasteiger partial charge on any atom is 0.107 e. The van der Waals surface area contributed by atoms with Gasteiger partial charge in [-0.05, 0) is 11.6 Å². The Labute approximate surface area is 72.3 Å². The second-order valence-corrected chi connectivity index (χ2v) is 3.22. The zero-order valence-electron chi connectivity index (χ0n) is 7.33. The van der Waals surface area contributed by atoms with E-state index in [9.17, 15) is 0 Å². The molecule has 0 fully saturated rings. The van der Waals surface area contributed by atoms with Gasteiger partial charge in [0.1, 0.15) is 5.84 Å². The number of benzene rings is 1. The molecule has 62 valence electrons. The molecule has 0 bridgehead atoms. The van der Waals surface area contributed by atoms with Crippen LogP contribution in [0.4, 0.5) is 5.69 Å². The number of nitrogens with one attached hydrogen (secondary N) is 1. The third-order valence-corrected chi connectivity index (χ3v) is 2.54. The molecule has 1 aliphatic rings. The summed E-state index contributed by atoms with van der Waals surface area (Å²) in [7, 11) is 1.95. The Hall–Kier alpha value is -1.31. The van der Waals surface area contributed by atoms with Crippen molar-refractivity contribution in [1.82, 2.24) is 0 Å². The van der Waals surface area contributed by atoms with Crippen LogP contribution in [0.2, 0.25) is 0 Å². The molecule has 0 radical (unpaired) electrons. The van der Waals surface area contributed by atoms with Gasteiger partial charge in [-0.15, -0.1) is 0 Å². The molecule has 1 N–H and O–H groups in total. The highest BCUT2D eigenvalue weighted by molar-refractivity contribution is 6.05. The Bertz CT molecular complexity index is 299. The van der Waals surface area contributed by atoms with Crippen molar-refractivity contribution >= 4 is 11.5 Å². The van der Waals surface area contributed by atoms with Gasteiger partial charge in [0.25, 0.3) is 0 Å². The Morgan fingerprint density at radius 2 is 2.00 bits per heavy atom. The van der Waals surface area contributed by atoms with E-state index < -0.39 is 0 Å². The van der Waals surface area contributed by atoms with Crippen molar-refractivity contribution in [3.63, 3.8) is 0 Å². The maximum atomic E-state index is 7.77. The summed E-state index contributed by atoms with van der Waals surface area (Å²) in [6, 6.07) is 8.20. The first-order valence-corrected chi connectivity index (χ1v) is 4.13. The molecule has 0 spiro atoms. The van der Waals surface area contributed by atoms with Gasteiger partial charge in [0.15, 0.2) is 0 Å². The fraction of sp³-hybridized carbons (Fsp3) is 0.300. The van der Waals surface area contributed by atoms with E-state index in [1.54, 1.807) is 0 Å². The van der Waals surface area contributed by atoms with Crippen LogP contribution in [-0.2, 0) is 0 Å². The van der Waals surface area contributed by atoms with E-state index in [0.29, 0.717) is 5.84 Å². The van der Waals surface area contributed by atoms with Crippen molar-refractivity contribution in [2.45, 2.75) is 12.8 Å². The molecule has 1 aromatic rings. The summed E-state index contributed by atoms with van der Waals surface area (Å²) >= 11 is 0. The van der Waals surface area contributed by atoms with Gasteiger partial charge in [-0.2, -0.15) is 0 Å². The van der Waals surface area contributed by atoms with Gasteiger partial charge in [0.2, 0.25) is 0 Å². The maximum absolute atomic E-state index is 7.77. The van der Waals surface area contributed by atoms with Crippen LogP contribution < -0.4 is 4.90 Å². The lowest BCUT2D eigenvalue weighted by molar-refractivity contribution is 1.03.